The number of rotatable bonds is 3. The number of allylic oxidation sites excluding steroid dienone is 2. The third-order valence-electron chi connectivity index (χ3n) is 3.81. The lowest BCUT2D eigenvalue weighted by Crippen LogP contribution is -2.11. The molecule has 1 N–H and O–H groups in total. The number of hydrogen-bond acceptors (Lipinski definition) is 3. The van der Waals surface area contributed by atoms with E-state index >= 15 is 0 Å². The lowest BCUT2D eigenvalue weighted by molar-refractivity contribution is 0.0685. The molecule has 0 bridgehead atoms. The Kier molecular flexibility index (Phi) is 3.55. The van der Waals surface area contributed by atoms with Crippen LogP contribution >= 0.6 is 0 Å². The van der Waals surface area contributed by atoms with Crippen molar-refractivity contribution in [1.82, 2.24) is 5.16 Å². The van der Waals surface area contributed by atoms with E-state index in [2.05, 4.69) is 25.1 Å². The topological polar surface area (TPSA) is 63.3 Å². The standard InChI is InChI=1S/C14H19NO3/c1-8(2)10-4-6-11(7-5-10)13-9(3)12(14(16)17)15-18-13/h6,8,10H,4-5,7H2,1-3H3,(H,16,17)/t10-/m0/s1. The predicted molar refractivity (Wildman–Crippen MR) is 68.4 cm³/mol. The van der Waals surface area contributed by atoms with Crippen molar-refractivity contribution < 1.29 is 14.4 Å². The molecule has 1 aromatic rings. The molecule has 4 heteroatoms. The number of aromatic carboxylic acids is 1. The molecule has 0 aliphatic heterocycles. The number of carboxylic acids is 1. The molecule has 0 fully saturated rings. The predicted octanol–water partition coefficient (Wildman–Crippen LogP) is 3.52. The van der Waals surface area contributed by atoms with E-state index in [-0.39, 0.29) is 5.69 Å². The summed E-state index contributed by atoms with van der Waals surface area (Å²) < 4.78 is 5.19. The van der Waals surface area contributed by atoms with Gasteiger partial charge in [-0.1, -0.05) is 25.1 Å². The third kappa shape index (κ3) is 2.33. The second-order valence-corrected chi connectivity index (χ2v) is 5.30. The van der Waals surface area contributed by atoms with Gasteiger partial charge in [0.05, 0.1) is 0 Å². The van der Waals surface area contributed by atoms with Crippen LogP contribution in [0.25, 0.3) is 5.57 Å². The maximum atomic E-state index is 10.9. The molecule has 2 rings (SSSR count). The summed E-state index contributed by atoms with van der Waals surface area (Å²) in [6, 6.07) is 0. The van der Waals surface area contributed by atoms with Crippen LogP contribution in [-0.4, -0.2) is 16.2 Å². The molecule has 0 radical (unpaired) electrons. The van der Waals surface area contributed by atoms with Crippen molar-refractivity contribution in [1.29, 1.82) is 0 Å². The van der Waals surface area contributed by atoms with E-state index in [1.165, 1.54) is 0 Å². The van der Waals surface area contributed by atoms with Crippen LogP contribution < -0.4 is 0 Å². The minimum absolute atomic E-state index is 0.0249. The fourth-order valence-electron chi connectivity index (χ4n) is 2.50. The summed E-state index contributed by atoms with van der Waals surface area (Å²) >= 11 is 0. The average molecular weight is 249 g/mol. The van der Waals surface area contributed by atoms with E-state index in [1.807, 2.05) is 0 Å². The van der Waals surface area contributed by atoms with E-state index in [4.69, 9.17) is 9.63 Å². The molecule has 0 unspecified atom stereocenters. The molecular weight excluding hydrogens is 230 g/mol. The van der Waals surface area contributed by atoms with Crippen LogP contribution in [0.2, 0.25) is 0 Å². The molecule has 1 atom stereocenters. The van der Waals surface area contributed by atoms with Crippen LogP contribution in [0.4, 0.5) is 0 Å². The number of nitrogens with zero attached hydrogens (tertiary/aromatic N) is 1. The van der Waals surface area contributed by atoms with Gasteiger partial charge < -0.3 is 9.63 Å². The van der Waals surface area contributed by atoms with Crippen LogP contribution in [0.15, 0.2) is 10.6 Å². The van der Waals surface area contributed by atoms with Gasteiger partial charge in [-0.2, -0.15) is 0 Å². The fraction of sp³-hybridized carbons (Fsp3) is 0.571. The molecule has 0 amide bonds. The van der Waals surface area contributed by atoms with Crippen molar-refractivity contribution in [2.75, 3.05) is 0 Å². The number of carboxylic acid groups (broad SMARTS) is 1. The Morgan fingerprint density at radius 3 is 2.72 bits per heavy atom. The van der Waals surface area contributed by atoms with Crippen molar-refractivity contribution >= 4 is 11.5 Å². The molecule has 1 aliphatic carbocycles. The van der Waals surface area contributed by atoms with Crippen LogP contribution in [0.5, 0.6) is 0 Å². The summed E-state index contributed by atoms with van der Waals surface area (Å²) in [6.45, 7) is 6.24. The Balaban J connectivity index is 2.21. The van der Waals surface area contributed by atoms with E-state index in [9.17, 15) is 4.79 Å². The zero-order chi connectivity index (χ0) is 13.3. The lowest BCUT2D eigenvalue weighted by atomic mass is 9.81. The van der Waals surface area contributed by atoms with Gasteiger partial charge in [-0.05, 0) is 43.6 Å². The van der Waals surface area contributed by atoms with Gasteiger partial charge in [0, 0.05) is 5.56 Å². The van der Waals surface area contributed by atoms with Crippen LogP contribution in [0, 0.1) is 18.8 Å². The van der Waals surface area contributed by atoms with Crippen LogP contribution in [-0.2, 0) is 0 Å². The van der Waals surface area contributed by atoms with Gasteiger partial charge in [-0.3, -0.25) is 0 Å². The highest BCUT2D eigenvalue weighted by molar-refractivity contribution is 5.88. The minimum atomic E-state index is -1.03. The monoisotopic (exact) mass is 249 g/mol. The Morgan fingerprint density at radius 2 is 2.28 bits per heavy atom. The second-order valence-electron chi connectivity index (χ2n) is 5.30. The van der Waals surface area contributed by atoms with E-state index in [0.29, 0.717) is 17.2 Å². The van der Waals surface area contributed by atoms with Crippen molar-refractivity contribution in [3.63, 3.8) is 0 Å². The van der Waals surface area contributed by atoms with Crippen molar-refractivity contribution in [3.05, 3.63) is 23.1 Å². The Morgan fingerprint density at radius 1 is 1.56 bits per heavy atom. The molecular formula is C14H19NO3. The third-order valence-corrected chi connectivity index (χ3v) is 3.81. The maximum Gasteiger partial charge on any atom is 0.358 e. The first-order valence-corrected chi connectivity index (χ1v) is 6.39. The van der Waals surface area contributed by atoms with E-state index < -0.39 is 5.97 Å². The minimum Gasteiger partial charge on any atom is -0.476 e. The summed E-state index contributed by atoms with van der Waals surface area (Å²) in [5, 5.41) is 12.6. The highest BCUT2D eigenvalue weighted by Gasteiger charge is 2.24. The van der Waals surface area contributed by atoms with Crippen LogP contribution in [0.1, 0.15) is 54.9 Å². The molecule has 18 heavy (non-hydrogen) atoms. The molecule has 1 aliphatic rings. The molecule has 0 saturated heterocycles. The van der Waals surface area contributed by atoms with Gasteiger partial charge in [0.25, 0.3) is 0 Å². The number of aromatic nitrogens is 1. The quantitative estimate of drug-likeness (QED) is 0.890. The summed E-state index contributed by atoms with van der Waals surface area (Å²) in [5.41, 5.74) is 1.76. The largest absolute Gasteiger partial charge is 0.476 e. The first kappa shape index (κ1) is 12.9. The molecule has 0 saturated carbocycles. The Hall–Kier alpha value is -1.58. The second kappa shape index (κ2) is 4.96. The van der Waals surface area contributed by atoms with Gasteiger partial charge in [-0.15, -0.1) is 0 Å². The summed E-state index contributed by atoms with van der Waals surface area (Å²) in [6.07, 6.45) is 5.28. The van der Waals surface area contributed by atoms with Gasteiger partial charge in [0.15, 0.2) is 11.5 Å². The van der Waals surface area contributed by atoms with Crippen molar-refractivity contribution in [2.24, 2.45) is 11.8 Å². The first-order valence-electron chi connectivity index (χ1n) is 6.39. The van der Waals surface area contributed by atoms with E-state index in [0.717, 1.165) is 30.8 Å². The molecule has 0 spiro atoms. The summed E-state index contributed by atoms with van der Waals surface area (Å²) in [5.74, 6) is 1.03. The van der Waals surface area contributed by atoms with E-state index in [1.54, 1.807) is 6.92 Å². The van der Waals surface area contributed by atoms with Gasteiger partial charge in [-0.25, -0.2) is 4.79 Å². The molecule has 1 heterocycles. The van der Waals surface area contributed by atoms with Gasteiger partial charge in [0.2, 0.25) is 0 Å². The number of hydrogen-bond donors (Lipinski definition) is 1. The number of carbonyl (C=O) groups is 1. The van der Waals surface area contributed by atoms with Gasteiger partial charge >= 0.3 is 5.97 Å². The molecule has 98 valence electrons. The zero-order valence-corrected chi connectivity index (χ0v) is 11.1. The average Bonchev–Trinajstić information content (AvgIpc) is 2.71. The van der Waals surface area contributed by atoms with Gasteiger partial charge in [0.1, 0.15) is 0 Å². The zero-order valence-electron chi connectivity index (χ0n) is 11.1. The molecule has 4 nitrogen and oxygen atoms in total. The SMILES string of the molecule is Cc1c(C(=O)O)noc1C1=CC[C@H](C(C)C)CC1. The fourth-order valence-corrected chi connectivity index (χ4v) is 2.50. The maximum absolute atomic E-state index is 10.9. The van der Waals surface area contributed by atoms with Crippen LogP contribution in [0.3, 0.4) is 0 Å². The molecule has 1 aromatic heterocycles. The Labute approximate surface area is 107 Å². The normalized spacial score (nSPS) is 20.0. The summed E-state index contributed by atoms with van der Waals surface area (Å²) in [7, 11) is 0. The first-order chi connectivity index (χ1) is 8.50. The highest BCUT2D eigenvalue weighted by atomic mass is 16.5. The summed E-state index contributed by atoms with van der Waals surface area (Å²) in [4.78, 5) is 10.9. The van der Waals surface area contributed by atoms with Crippen molar-refractivity contribution in [2.45, 2.75) is 40.0 Å². The lowest BCUT2D eigenvalue weighted by Gasteiger charge is -2.24. The van der Waals surface area contributed by atoms with Crippen molar-refractivity contribution in [3.8, 4) is 0 Å². The smallest absolute Gasteiger partial charge is 0.358 e. The molecule has 0 aromatic carbocycles. The highest BCUT2D eigenvalue weighted by Crippen LogP contribution is 2.35. The Bertz CT molecular complexity index is 485.